The van der Waals surface area contributed by atoms with E-state index in [-0.39, 0.29) is 0 Å². The van der Waals surface area contributed by atoms with E-state index in [4.69, 9.17) is 16.7 Å². The van der Waals surface area contributed by atoms with Crippen molar-refractivity contribution in [3.63, 3.8) is 0 Å². The molecule has 156 valence electrons. The van der Waals surface area contributed by atoms with E-state index in [9.17, 15) is 10.2 Å². The second kappa shape index (κ2) is 7.39. The Morgan fingerprint density at radius 1 is 1.06 bits per heavy atom. The standard InChI is InChI=1S/C23H20ClN5O2/c1-28(18-8-4-3-7-15(18)24)19-9-5-6-13-21(19)27-29(2)22(13)17-12-16-20(26-17)14(23(30)31)10-11-25-16/h3-12,23,26,30-31H,1-2H3. The predicted octanol–water partition coefficient (Wildman–Crippen LogP) is 4.52. The topological polar surface area (TPSA) is 90.2 Å². The molecule has 7 nitrogen and oxygen atoms in total. The van der Waals surface area contributed by atoms with E-state index in [0.29, 0.717) is 21.6 Å². The van der Waals surface area contributed by atoms with E-state index in [1.54, 1.807) is 12.3 Å². The number of anilines is 2. The highest BCUT2D eigenvalue weighted by Gasteiger charge is 2.20. The van der Waals surface area contributed by atoms with Crippen LogP contribution in [-0.4, -0.2) is 37.0 Å². The van der Waals surface area contributed by atoms with Gasteiger partial charge in [0.05, 0.1) is 38.8 Å². The first-order valence-corrected chi connectivity index (χ1v) is 10.1. The van der Waals surface area contributed by atoms with Crippen molar-refractivity contribution in [1.82, 2.24) is 19.7 Å². The Hall–Kier alpha value is -3.39. The monoisotopic (exact) mass is 433 g/mol. The van der Waals surface area contributed by atoms with Gasteiger partial charge in [0.25, 0.3) is 0 Å². The van der Waals surface area contributed by atoms with E-state index in [1.165, 1.54) is 0 Å². The van der Waals surface area contributed by atoms with Crippen LogP contribution in [-0.2, 0) is 7.05 Å². The number of aliphatic hydroxyl groups excluding tert-OH is 1. The number of hydrogen-bond acceptors (Lipinski definition) is 5. The smallest absolute Gasteiger partial charge is 0.180 e. The van der Waals surface area contributed by atoms with Gasteiger partial charge in [-0.05, 0) is 30.3 Å². The van der Waals surface area contributed by atoms with Crippen LogP contribution in [0.2, 0.25) is 5.02 Å². The molecule has 8 heteroatoms. The van der Waals surface area contributed by atoms with Gasteiger partial charge < -0.3 is 20.1 Å². The van der Waals surface area contributed by atoms with Crippen molar-refractivity contribution >= 4 is 44.9 Å². The molecule has 0 atom stereocenters. The molecular weight excluding hydrogens is 414 g/mol. The lowest BCUT2D eigenvalue weighted by Gasteiger charge is -2.21. The van der Waals surface area contributed by atoms with Crippen LogP contribution in [0.15, 0.2) is 60.8 Å². The molecule has 3 aromatic heterocycles. The maximum Gasteiger partial charge on any atom is 0.180 e. The van der Waals surface area contributed by atoms with Crippen molar-refractivity contribution in [1.29, 1.82) is 0 Å². The number of aryl methyl sites for hydroxylation is 1. The number of halogens is 1. The third kappa shape index (κ3) is 3.14. The molecule has 0 fully saturated rings. The Balaban J connectivity index is 1.70. The van der Waals surface area contributed by atoms with E-state index >= 15 is 0 Å². The fourth-order valence-corrected chi connectivity index (χ4v) is 4.30. The number of benzene rings is 2. The van der Waals surface area contributed by atoms with Gasteiger partial charge in [-0.25, -0.2) is 0 Å². The molecule has 0 aliphatic heterocycles. The average Bonchev–Trinajstić information content (AvgIpc) is 3.32. The maximum atomic E-state index is 9.69. The normalized spacial score (nSPS) is 11.7. The molecule has 2 aromatic carbocycles. The molecule has 0 saturated heterocycles. The Labute approximate surface area is 183 Å². The fraction of sp³-hybridized carbons (Fsp3) is 0.130. The van der Waals surface area contributed by atoms with Gasteiger partial charge in [-0.2, -0.15) is 5.10 Å². The minimum atomic E-state index is -1.59. The van der Waals surface area contributed by atoms with Crippen molar-refractivity contribution in [2.24, 2.45) is 7.05 Å². The minimum Gasteiger partial charge on any atom is -0.364 e. The third-order valence-electron chi connectivity index (χ3n) is 5.51. The first kappa shape index (κ1) is 19.6. The number of nitrogens with one attached hydrogen (secondary N) is 1. The van der Waals surface area contributed by atoms with Gasteiger partial charge in [0.2, 0.25) is 0 Å². The number of hydrogen-bond donors (Lipinski definition) is 3. The average molecular weight is 434 g/mol. The Kier molecular flexibility index (Phi) is 4.66. The lowest BCUT2D eigenvalue weighted by molar-refractivity contribution is -0.0414. The number of aromatic nitrogens is 4. The summed E-state index contributed by atoms with van der Waals surface area (Å²) in [4.78, 5) is 9.67. The maximum absolute atomic E-state index is 9.69. The zero-order valence-corrected chi connectivity index (χ0v) is 17.7. The summed E-state index contributed by atoms with van der Waals surface area (Å²) >= 11 is 6.42. The van der Waals surface area contributed by atoms with E-state index in [0.717, 1.165) is 33.7 Å². The lowest BCUT2D eigenvalue weighted by Crippen LogP contribution is -2.10. The van der Waals surface area contributed by atoms with Gasteiger partial charge in [-0.3, -0.25) is 9.67 Å². The first-order chi connectivity index (χ1) is 15.0. The molecule has 0 radical (unpaired) electrons. The number of nitrogens with zero attached hydrogens (tertiary/aromatic N) is 4. The molecule has 3 heterocycles. The second-order valence-electron chi connectivity index (χ2n) is 7.37. The molecule has 5 aromatic rings. The first-order valence-electron chi connectivity index (χ1n) is 9.74. The minimum absolute atomic E-state index is 0.377. The highest BCUT2D eigenvalue weighted by atomic mass is 35.5. The summed E-state index contributed by atoms with van der Waals surface area (Å²) in [7, 11) is 3.85. The zero-order chi connectivity index (χ0) is 21.7. The Bertz CT molecular complexity index is 1420. The molecule has 0 spiro atoms. The van der Waals surface area contributed by atoms with Crippen LogP contribution >= 0.6 is 11.6 Å². The number of aliphatic hydroxyl groups is 2. The van der Waals surface area contributed by atoms with Gasteiger partial charge in [0.1, 0.15) is 5.52 Å². The number of pyridine rings is 1. The van der Waals surface area contributed by atoms with Crippen molar-refractivity contribution < 1.29 is 10.2 Å². The van der Waals surface area contributed by atoms with Gasteiger partial charge in [-0.15, -0.1) is 0 Å². The van der Waals surface area contributed by atoms with Gasteiger partial charge in [-0.1, -0.05) is 35.9 Å². The SMILES string of the molecule is CN(c1ccccc1Cl)c1cccc2c(-c3cc4nccc(C(O)O)c4[nH]3)n(C)nc12. The van der Waals surface area contributed by atoms with Crippen LogP contribution in [0.5, 0.6) is 0 Å². The summed E-state index contributed by atoms with van der Waals surface area (Å²) in [5.41, 5.74) is 5.93. The molecule has 0 unspecified atom stereocenters. The van der Waals surface area contributed by atoms with E-state index in [2.05, 4.69) is 9.97 Å². The molecule has 5 rings (SSSR count). The van der Waals surface area contributed by atoms with Gasteiger partial charge >= 0.3 is 0 Å². The molecule has 0 aliphatic rings. The Morgan fingerprint density at radius 3 is 2.61 bits per heavy atom. The fourth-order valence-electron chi connectivity index (χ4n) is 4.03. The highest BCUT2D eigenvalue weighted by Crippen LogP contribution is 2.38. The van der Waals surface area contributed by atoms with Crippen molar-refractivity contribution in [3.05, 3.63) is 71.4 Å². The number of rotatable bonds is 4. The second-order valence-corrected chi connectivity index (χ2v) is 7.78. The van der Waals surface area contributed by atoms with Crippen molar-refractivity contribution in [3.8, 4) is 11.4 Å². The number of H-pyrrole nitrogens is 1. The largest absolute Gasteiger partial charge is 0.364 e. The highest BCUT2D eigenvalue weighted by molar-refractivity contribution is 6.33. The summed E-state index contributed by atoms with van der Waals surface area (Å²) in [5, 5.41) is 25.8. The number of para-hydroxylation sites is 1. The number of aromatic amines is 1. The lowest BCUT2D eigenvalue weighted by atomic mass is 10.1. The number of fused-ring (bicyclic) bond motifs is 2. The molecule has 0 amide bonds. The third-order valence-corrected chi connectivity index (χ3v) is 5.82. The Morgan fingerprint density at radius 2 is 1.84 bits per heavy atom. The van der Waals surface area contributed by atoms with E-state index in [1.807, 2.05) is 72.2 Å². The molecular formula is C23H20ClN5O2. The molecule has 31 heavy (non-hydrogen) atoms. The quantitative estimate of drug-likeness (QED) is 0.362. The van der Waals surface area contributed by atoms with Crippen molar-refractivity contribution in [2.45, 2.75) is 6.29 Å². The summed E-state index contributed by atoms with van der Waals surface area (Å²) in [6.07, 6.45) is -0.0246. The van der Waals surface area contributed by atoms with E-state index < -0.39 is 6.29 Å². The predicted molar refractivity (Wildman–Crippen MR) is 122 cm³/mol. The van der Waals surface area contributed by atoms with Crippen LogP contribution < -0.4 is 4.90 Å². The van der Waals surface area contributed by atoms with Crippen LogP contribution in [0.1, 0.15) is 11.9 Å². The van der Waals surface area contributed by atoms with Crippen LogP contribution in [0.25, 0.3) is 33.3 Å². The molecule has 0 saturated carbocycles. The zero-order valence-electron chi connectivity index (χ0n) is 16.9. The van der Waals surface area contributed by atoms with Crippen LogP contribution in [0, 0.1) is 0 Å². The summed E-state index contributed by atoms with van der Waals surface area (Å²) in [6, 6.07) is 17.2. The van der Waals surface area contributed by atoms with Crippen molar-refractivity contribution in [2.75, 3.05) is 11.9 Å². The van der Waals surface area contributed by atoms with Crippen LogP contribution in [0.3, 0.4) is 0 Å². The van der Waals surface area contributed by atoms with Gasteiger partial charge in [0, 0.05) is 31.2 Å². The molecule has 0 bridgehead atoms. The van der Waals surface area contributed by atoms with Crippen LogP contribution in [0.4, 0.5) is 11.4 Å². The summed E-state index contributed by atoms with van der Waals surface area (Å²) in [6.45, 7) is 0. The molecule has 0 aliphatic carbocycles. The summed E-state index contributed by atoms with van der Waals surface area (Å²) in [5.74, 6) is 0. The molecule has 3 N–H and O–H groups in total. The van der Waals surface area contributed by atoms with Gasteiger partial charge in [0.15, 0.2) is 6.29 Å². The summed E-state index contributed by atoms with van der Waals surface area (Å²) < 4.78 is 1.81.